The number of nitrogens with one attached hydrogen (secondary N) is 2. The van der Waals surface area contributed by atoms with Gasteiger partial charge in [0.05, 0.1) is 11.0 Å². The van der Waals surface area contributed by atoms with Crippen LogP contribution in [0, 0.1) is 5.82 Å². The maximum absolute atomic E-state index is 13.2. The van der Waals surface area contributed by atoms with Gasteiger partial charge in [-0.25, -0.2) is 4.39 Å². The van der Waals surface area contributed by atoms with Crippen LogP contribution in [0.4, 0.5) is 27.7 Å². The Morgan fingerprint density at radius 2 is 1.86 bits per heavy atom. The summed E-state index contributed by atoms with van der Waals surface area (Å²) in [6, 6.07) is 15.2. The third kappa shape index (κ3) is 5.65. The highest BCUT2D eigenvalue weighted by molar-refractivity contribution is 8.00. The van der Waals surface area contributed by atoms with Crippen LogP contribution >= 0.6 is 11.8 Å². The molecule has 0 radical (unpaired) electrons. The van der Waals surface area contributed by atoms with E-state index in [0.717, 1.165) is 5.69 Å². The molecule has 1 atom stereocenters. The van der Waals surface area contributed by atoms with Crippen molar-refractivity contribution in [3.8, 4) is 0 Å². The number of para-hydroxylation sites is 1. The summed E-state index contributed by atoms with van der Waals surface area (Å²) in [7, 11) is 0. The van der Waals surface area contributed by atoms with Gasteiger partial charge in [-0.05, 0) is 37.3 Å². The van der Waals surface area contributed by atoms with Gasteiger partial charge in [-0.3, -0.25) is 4.79 Å². The van der Waals surface area contributed by atoms with E-state index in [2.05, 4.69) is 25.6 Å². The quantitative estimate of drug-likeness (QED) is 0.556. The van der Waals surface area contributed by atoms with Crippen molar-refractivity contribution < 1.29 is 9.18 Å². The van der Waals surface area contributed by atoms with E-state index in [0.29, 0.717) is 17.5 Å². The number of aromatic nitrogens is 3. The third-order valence-electron chi connectivity index (χ3n) is 3.64. The molecule has 1 heterocycles. The molecular weight excluding hydrogens is 379 g/mol. The summed E-state index contributed by atoms with van der Waals surface area (Å²) in [5.74, 6) is 0.412. The first-order valence-corrected chi connectivity index (χ1v) is 9.55. The molecule has 0 aliphatic carbocycles. The minimum Gasteiger partial charge on any atom is -0.368 e. The molecule has 7 nitrogen and oxygen atoms in total. The predicted molar refractivity (Wildman–Crippen MR) is 110 cm³/mol. The summed E-state index contributed by atoms with van der Waals surface area (Å²) < 4.78 is 13.2. The van der Waals surface area contributed by atoms with Crippen molar-refractivity contribution in [3.63, 3.8) is 0 Å². The lowest BCUT2D eigenvalue weighted by Gasteiger charge is -2.12. The summed E-state index contributed by atoms with van der Waals surface area (Å²) in [6.45, 7) is 1.88. The highest BCUT2D eigenvalue weighted by atomic mass is 32.2. The molecule has 9 heteroatoms. The highest BCUT2D eigenvalue weighted by Crippen LogP contribution is 2.27. The zero-order valence-corrected chi connectivity index (χ0v) is 15.9. The van der Waals surface area contributed by atoms with Gasteiger partial charge in [-0.2, -0.15) is 15.0 Å². The summed E-state index contributed by atoms with van der Waals surface area (Å²) in [5.41, 5.74) is 7.04. The van der Waals surface area contributed by atoms with Gasteiger partial charge in [0.25, 0.3) is 0 Å². The van der Waals surface area contributed by atoms with Crippen molar-refractivity contribution in [1.29, 1.82) is 0 Å². The minimum absolute atomic E-state index is 0.0973. The molecule has 144 valence electrons. The molecule has 1 unspecified atom stereocenters. The number of nitrogens with two attached hydrogens (primary N) is 1. The smallest absolute Gasteiger partial charge is 0.234 e. The lowest BCUT2D eigenvalue weighted by atomic mass is 10.3. The van der Waals surface area contributed by atoms with Crippen molar-refractivity contribution in [2.75, 3.05) is 22.1 Å². The summed E-state index contributed by atoms with van der Waals surface area (Å²) in [6.07, 6.45) is 0. The van der Waals surface area contributed by atoms with E-state index >= 15 is 0 Å². The van der Waals surface area contributed by atoms with Crippen LogP contribution in [-0.2, 0) is 4.79 Å². The molecule has 1 amide bonds. The van der Waals surface area contributed by atoms with Crippen LogP contribution in [0.3, 0.4) is 0 Å². The lowest BCUT2D eigenvalue weighted by Crippen LogP contribution is -2.15. The number of amides is 1. The average Bonchev–Trinajstić information content (AvgIpc) is 2.66. The van der Waals surface area contributed by atoms with Crippen molar-refractivity contribution >= 4 is 40.9 Å². The van der Waals surface area contributed by atoms with Gasteiger partial charge in [0, 0.05) is 11.4 Å². The van der Waals surface area contributed by atoms with Crippen LogP contribution in [0.15, 0.2) is 54.6 Å². The van der Waals surface area contributed by atoms with Crippen LogP contribution in [0.1, 0.15) is 18.0 Å². The maximum atomic E-state index is 13.2. The van der Waals surface area contributed by atoms with E-state index in [9.17, 15) is 9.18 Å². The molecule has 0 aliphatic rings. The monoisotopic (exact) mass is 398 g/mol. The number of rotatable bonds is 7. The van der Waals surface area contributed by atoms with Crippen molar-refractivity contribution in [1.82, 2.24) is 15.0 Å². The first-order valence-electron chi connectivity index (χ1n) is 8.50. The maximum Gasteiger partial charge on any atom is 0.234 e. The van der Waals surface area contributed by atoms with Gasteiger partial charge in [0.15, 0.2) is 0 Å². The fraction of sp³-hybridized carbons (Fsp3) is 0.158. The van der Waals surface area contributed by atoms with Crippen LogP contribution in [0.25, 0.3) is 0 Å². The van der Waals surface area contributed by atoms with Gasteiger partial charge < -0.3 is 16.4 Å². The number of anilines is 4. The molecule has 0 fully saturated rings. The van der Waals surface area contributed by atoms with Crippen LogP contribution < -0.4 is 16.4 Å². The zero-order valence-electron chi connectivity index (χ0n) is 15.1. The van der Waals surface area contributed by atoms with Crippen LogP contribution in [0.2, 0.25) is 0 Å². The Labute approximate surface area is 166 Å². The van der Waals surface area contributed by atoms with Gasteiger partial charge in [-0.15, -0.1) is 11.8 Å². The third-order valence-corrected chi connectivity index (χ3v) is 4.78. The molecule has 4 N–H and O–H groups in total. The van der Waals surface area contributed by atoms with E-state index < -0.39 is 5.82 Å². The number of hydrogen-bond donors (Lipinski definition) is 3. The Hall–Kier alpha value is -3.20. The van der Waals surface area contributed by atoms with Crippen LogP contribution in [0.5, 0.6) is 0 Å². The zero-order chi connectivity index (χ0) is 19.9. The number of benzene rings is 2. The first-order chi connectivity index (χ1) is 13.5. The van der Waals surface area contributed by atoms with E-state index in [4.69, 9.17) is 5.73 Å². The molecule has 0 spiro atoms. The SMILES string of the molecule is CC(SCC(=O)Nc1cccc(F)c1)c1nc(N)nc(Nc2ccccc2)n1. The van der Waals surface area contributed by atoms with Crippen molar-refractivity contribution in [2.24, 2.45) is 0 Å². The van der Waals surface area contributed by atoms with Gasteiger partial charge >= 0.3 is 0 Å². The normalized spacial score (nSPS) is 11.6. The molecular formula is C19H19FN6OS. The number of thioether (sulfide) groups is 1. The Bertz CT molecular complexity index is 956. The van der Waals surface area contributed by atoms with E-state index in [1.165, 1.54) is 30.0 Å². The molecule has 3 aromatic rings. The van der Waals surface area contributed by atoms with Crippen molar-refractivity contribution in [3.05, 3.63) is 66.2 Å². The molecule has 2 aromatic carbocycles. The predicted octanol–water partition coefficient (Wildman–Crippen LogP) is 3.77. The van der Waals surface area contributed by atoms with E-state index in [1.807, 2.05) is 37.3 Å². The highest BCUT2D eigenvalue weighted by Gasteiger charge is 2.15. The molecule has 1 aromatic heterocycles. The van der Waals surface area contributed by atoms with Crippen LogP contribution in [-0.4, -0.2) is 26.6 Å². The van der Waals surface area contributed by atoms with E-state index in [-0.39, 0.29) is 22.9 Å². The second-order valence-electron chi connectivity index (χ2n) is 5.88. The average molecular weight is 398 g/mol. The number of carbonyl (C=O) groups excluding carboxylic acids is 1. The fourth-order valence-corrected chi connectivity index (χ4v) is 3.06. The molecule has 3 rings (SSSR count). The Morgan fingerprint density at radius 1 is 1.11 bits per heavy atom. The number of halogens is 1. The standard InChI is InChI=1S/C19H19FN6OS/c1-12(28-11-16(27)22-15-9-5-6-13(20)10-15)17-24-18(21)26-19(25-17)23-14-7-3-2-4-8-14/h2-10,12H,11H2,1H3,(H,22,27)(H3,21,23,24,25,26). The second kappa shape index (κ2) is 9.14. The Balaban J connectivity index is 1.60. The summed E-state index contributed by atoms with van der Waals surface area (Å²) in [4.78, 5) is 24.7. The largest absolute Gasteiger partial charge is 0.368 e. The Kier molecular flexibility index (Phi) is 6.38. The summed E-state index contributed by atoms with van der Waals surface area (Å²) in [5, 5.41) is 5.54. The molecule has 0 aliphatic heterocycles. The molecule has 28 heavy (non-hydrogen) atoms. The second-order valence-corrected chi connectivity index (χ2v) is 7.21. The number of hydrogen-bond acceptors (Lipinski definition) is 7. The fourth-order valence-electron chi connectivity index (χ4n) is 2.34. The van der Waals surface area contributed by atoms with Gasteiger partial charge in [-0.1, -0.05) is 24.3 Å². The van der Waals surface area contributed by atoms with Crippen molar-refractivity contribution in [2.45, 2.75) is 12.2 Å². The topological polar surface area (TPSA) is 106 Å². The van der Waals surface area contributed by atoms with Gasteiger partial charge in [0.2, 0.25) is 17.8 Å². The summed E-state index contributed by atoms with van der Waals surface area (Å²) >= 11 is 1.34. The molecule has 0 saturated carbocycles. The lowest BCUT2D eigenvalue weighted by molar-refractivity contribution is -0.113. The first kappa shape index (κ1) is 19.6. The number of nitrogens with zero attached hydrogens (tertiary/aromatic N) is 3. The van der Waals surface area contributed by atoms with E-state index in [1.54, 1.807) is 6.07 Å². The van der Waals surface area contributed by atoms with Gasteiger partial charge in [0.1, 0.15) is 11.6 Å². The number of carbonyl (C=O) groups is 1. The number of nitrogen functional groups attached to an aromatic ring is 1. The molecule has 0 saturated heterocycles. The Morgan fingerprint density at radius 3 is 2.61 bits per heavy atom. The minimum atomic E-state index is -0.405. The molecule has 0 bridgehead atoms.